The first-order valence-electron chi connectivity index (χ1n) is 11.7. The number of carbonyl (C=O) groups excluding carboxylic acids is 1. The van der Waals surface area contributed by atoms with Crippen molar-refractivity contribution in [1.82, 2.24) is 24.8 Å². The van der Waals surface area contributed by atoms with Crippen molar-refractivity contribution in [3.8, 4) is 11.3 Å². The highest BCUT2D eigenvalue weighted by molar-refractivity contribution is 6.30. The minimum Gasteiger partial charge on any atom is -0.359 e. The molecule has 0 saturated carbocycles. The van der Waals surface area contributed by atoms with Crippen molar-refractivity contribution in [1.29, 1.82) is 0 Å². The van der Waals surface area contributed by atoms with Crippen molar-refractivity contribution < 1.29 is 9.32 Å². The van der Waals surface area contributed by atoms with Gasteiger partial charge in [-0.15, -0.1) is 10.2 Å². The molecule has 4 aromatic rings. The molecule has 1 aliphatic rings. The molecule has 5 rings (SSSR count). The fourth-order valence-electron chi connectivity index (χ4n) is 4.58. The molecule has 1 aliphatic heterocycles. The molecule has 1 fully saturated rings. The third-order valence-electron chi connectivity index (χ3n) is 6.42. The van der Waals surface area contributed by atoms with Gasteiger partial charge in [-0.05, 0) is 57.4 Å². The standard InChI is InChI=1S/C26H27ClN6O2/c1-16-6-4-7-20(14-16)24-23(17(2)35-31-24)28-26(34)32-13-5-8-22(32)25-30-29-18(3)33(25)15-19-9-11-21(27)12-10-19/h4,6-7,9-12,14,22H,5,8,13,15H2,1-3H3,(H,28,34)/t22-/m1/s1. The SMILES string of the molecule is Cc1cccc(-c2noc(C)c2NC(=O)N2CCC[C@@H]2c2nnc(C)n2Cc2ccc(Cl)cc2)c1. The number of nitrogens with zero attached hydrogens (tertiary/aromatic N) is 5. The third kappa shape index (κ3) is 4.66. The van der Waals surface area contributed by atoms with Gasteiger partial charge in [-0.25, -0.2) is 4.79 Å². The molecule has 1 atom stereocenters. The van der Waals surface area contributed by atoms with Crippen LogP contribution in [0.5, 0.6) is 0 Å². The van der Waals surface area contributed by atoms with E-state index < -0.39 is 0 Å². The summed E-state index contributed by atoms with van der Waals surface area (Å²) in [5.74, 6) is 2.15. The average Bonchev–Trinajstić information content (AvgIpc) is 3.55. The van der Waals surface area contributed by atoms with Crippen LogP contribution in [0, 0.1) is 20.8 Å². The van der Waals surface area contributed by atoms with Crippen molar-refractivity contribution in [3.63, 3.8) is 0 Å². The zero-order valence-corrected chi connectivity index (χ0v) is 20.7. The van der Waals surface area contributed by atoms with E-state index in [1.165, 1.54) is 0 Å². The van der Waals surface area contributed by atoms with Crippen LogP contribution in [0.15, 0.2) is 53.1 Å². The fourth-order valence-corrected chi connectivity index (χ4v) is 4.70. The van der Waals surface area contributed by atoms with E-state index in [0.29, 0.717) is 35.3 Å². The first kappa shape index (κ1) is 23.1. The van der Waals surface area contributed by atoms with E-state index in [1.54, 1.807) is 6.92 Å². The molecular formula is C26H27ClN6O2. The van der Waals surface area contributed by atoms with Crippen molar-refractivity contribution in [2.45, 2.75) is 46.2 Å². The number of hydrogen-bond donors (Lipinski definition) is 1. The Bertz CT molecular complexity index is 1360. The molecule has 2 aromatic carbocycles. The lowest BCUT2D eigenvalue weighted by molar-refractivity contribution is 0.203. The number of hydrogen-bond acceptors (Lipinski definition) is 5. The predicted octanol–water partition coefficient (Wildman–Crippen LogP) is 5.93. The zero-order chi connectivity index (χ0) is 24.5. The Hall–Kier alpha value is -3.65. The van der Waals surface area contributed by atoms with Gasteiger partial charge < -0.3 is 19.3 Å². The molecule has 2 amide bonds. The second kappa shape index (κ2) is 9.54. The van der Waals surface area contributed by atoms with Gasteiger partial charge in [-0.2, -0.15) is 0 Å². The van der Waals surface area contributed by atoms with Crippen LogP contribution in [0.25, 0.3) is 11.3 Å². The van der Waals surface area contributed by atoms with Crippen molar-refractivity contribution in [2.24, 2.45) is 0 Å². The Kier molecular flexibility index (Phi) is 6.30. The summed E-state index contributed by atoms with van der Waals surface area (Å²) >= 11 is 6.05. The number of urea groups is 1. The molecule has 0 aliphatic carbocycles. The van der Waals surface area contributed by atoms with E-state index in [2.05, 4.69) is 25.2 Å². The third-order valence-corrected chi connectivity index (χ3v) is 6.67. The van der Waals surface area contributed by atoms with E-state index in [9.17, 15) is 4.79 Å². The predicted molar refractivity (Wildman–Crippen MR) is 134 cm³/mol. The smallest absolute Gasteiger partial charge is 0.322 e. The Morgan fingerprint density at radius 2 is 1.94 bits per heavy atom. The molecule has 0 radical (unpaired) electrons. The van der Waals surface area contributed by atoms with Gasteiger partial charge in [0.05, 0.1) is 12.6 Å². The van der Waals surface area contributed by atoms with Gasteiger partial charge in [-0.3, -0.25) is 0 Å². The number of nitrogens with one attached hydrogen (secondary N) is 1. The van der Waals surface area contributed by atoms with Crippen LogP contribution in [0.1, 0.15) is 47.4 Å². The molecule has 180 valence electrons. The summed E-state index contributed by atoms with van der Waals surface area (Å²) in [5, 5.41) is 16.8. The summed E-state index contributed by atoms with van der Waals surface area (Å²) in [7, 11) is 0. The first-order valence-corrected chi connectivity index (χ1v) is 12.0. The van der Waals surface area contributed by atoms with Crippen LogP contribution in [0.2, 0.25) is 5.02 Å². The van der Waals surface area contributed by atoms with Crippen LogP contribution < -0.4 is 5.32 Å². The van der Waals surface area contributed by atoms with Crippen LogP contribution >= 0.6 is 11.6 Å². The topological polar surface area (TPSA) is 89.1 Å². The van der Waals surface area contributed by atoms with Crippen LogP contribution in [-0.4, -0.2) is 37.4 Å². The summed E-state index contributed by atoms with van der Waals surface area (Å²) in [6.45, 7) is 6.99. The fraction of sp³-hybridized carbons (Fsp3) is 0.308. The number of likely N-dealkylation sites (tertiary alicyclic amines) is 1. The Balaban J connectivity index is 1.40. The molecule has 8 nitrogen and oxygen atoms in total. The minimum absolute atomic E-state index is 0.175. The minimum atomic E-state index is -0.202. The maximum atomic E-state index is 13.5. The van der Waals surface area contributed by atoms with Crippen LogP contribution in [-0.2, 0) is 6.54 Å². The summed E-state index contributed by atoms with van der Waals surface area (Å²) in [6, 6.07) is 15.3. The van der Waals surface area contributed by atoms with Crippen LogP contribution in [0.4, 0.5) is 10.5 Å². The van der Waals surface area contributed by atoms with Gasteiger partial charge in [0.1, 0.15) is 17.2 Å². The molecule has 1 saturated heterocycles. The second-order valence-electron chi connectivity index (χ2n) is 8.93. The number of halogens is 1. The summed E-state index contributed by atoms with van der Waals surface area (Å²) in [4.78, 5) is 15.3. The largest absolute Gasteiger partial charge is 0.359 e. The van der Waals surface area contributed by atoms with Gasteiger partial charge >= 0.3 is 6.03 Å². The maximum Gasteiger partial charge on any atom is 0.322 e. The number of amides is 2. The lowest BCUT2D eigenvalue weighted by Gasteiger charge is -2.25. The summed E-state index contributed by atoms with van der Waals surface area (Å²) in [5.41, 5.74) is 4.31. The highest BCUT2D eigenvalue weighted by atomic mass is 35.5. The van der Waals surface area contributed by atoms with Crippen molar-refractivity contribution in [3.05, 3.63) is 82.1 Å². The van der Waals surface area contributed by atoms with Gasteiger partial charge in [-0.1, -0.05) is 52.7 Å². The molecule has 1 N–H and O–H groups in total. The van der Waals surface area contributed by atoms with E-state index in [0.717, 1.165) is 41.2 Å². The number of benzene rings is 2. The molecule has 9 heteroatoms. The van der Waals surface area contributed by atoms with E-state index in [1.807, 2.05) is 67.3 Å². The Morgan fingerprint density at radius 3 is 2.71 bits per heavy atom. The number of anilines is 1. The summed E-state index contributed by atoms with van der Waals surface area (Å²) < 4.78 is 7.51. The molecule has 2 aromatic heterocycles. The molecule has 0 bridgehead atoms. The Morgan fingerprint density at radius 1 is 1.14 bits per heavy atom. The van der Waals surface area contributed by atoms with Crippen molar-refractivity contribution >= 4 is 23.3 Å². The van der Waals surface area contributed by atoms with Crippen molar-refractivity contribution in [2.75, 3.05) is 11.9 Å². The number of carbonyl (C=O) groups is 1. The van der Waals surface area contributed by atoms with Gasteiger partial charge in [0.15, 0.2) is 11.6 Å². The van der Waals surface area contributed by atoms with E-state index in [-0.39, 0.29) is 12.1 Å². The van der Waals surface area contributed by atoms with E-state index >= 15 is 0 Å². The molecule has 0 unspecified atom stereocenters. The molecule has 35 heavy (non-hydrogen) atoms. The number of aromatic nitrogens is 4. The lowest BCUT2D eigenvalue weighted by atomic mass is 10.1. The Labute approximate surface area is 208 Å². The van der Waals surface area contributed by atoms with Gasteiger partial charge in [0, 0.05) is 17.1 Å². The summed E-state index contributed by atoms with van der Waals surface area (Å²) in [6.07, 6.45) is 1.71. The highest BCUT2D eigenvalue weighted by Crippen LogP contribution is 2.35. The molecule has 3 heterocycles. The quantitative estimate of drug-likeness (QED) is 0.374. The van der Waals surface area contributed by atoms with Crippen LogP contribution in [0.3, 0.4) is 0 Å². The normalized spacial score (nSPS) is 15.5. The zero-order valence-electron chi connectivity index (χ0n) is 20.0. The molecule has 0 spiro atoms. The monoisotopic (exact) mass is 490 g/mol. The second-order valence-corrected chi connectivity index (χ2v) is 9.37. The maximum absolute atomic E-state index is 13.5. The highest BCUT2D eigenvalue weighted by Gasteiger charge is 2.35. The first-order chi connectivity index (χ1) is 16.9. The van der Waals surface area contributed by atoms with Gasteiger partial charge in [0.25, 0.3) is 0 Å². The van der Waals surface area contributed by atoms with E-state index in [4.69, 9.17) is 16.1 Å². The number of aryl methyl sites for hydroxylation is 3. The number of rotatable bonds is 5. The lowest BCUT2D eigenvalue weighted by Crippen LogP contribution is -2.35. The molecular weight excluding hydrogens is 464 g/mol. The van der Waals surface area contributed by atoms with Gasteiger partial charge in [0.2, 0.25) is 0 Å². The average molecular weight is 491 g/mol.